The molecule has 1 fully saturated rings. The van der Waals surface area contributed by atoms with Crippen LogP contribution in [0.1, 0.15) is 73.5 Å². The Bertz CT molecular complexity index is 520. The van der Waals surface area contributed by atoms with Crippen LogP contribution >= 0.6 is 24.0 Å². The first-order valence-corrected chi connectivity index (χ1v) is 8.09. The molecule has 3 rings (SSSR count). The van der Waals surface area contributed by atoms with E-state index in [2.05, 4.69) is 6.07 Å². The number of rotatable bonds is 2. The van der Waals surface area contributed by atoms with Crippen LogP contribution in [0, 0.1) is 0 Å². The van der Waals surface area contributed by atoms with Crippen LogP contribution in [0.5, 0.6) is 0 Å². The first-order chi connectivity index (χ1) is 9.66. The summed E-state index contributed by atoms with van der Waals surface area (Å²) >= 11 is 6.47. The number of carboxylic acids is 1. The lowest BCUT2D eigenvalue weighted by Crippen LogP contribution is -2.08. The van der Waals surface area contributed by atoms with Gasteiger partial charge >= 0.3 is 5.97 Å². The number of halogens is 2. The van der Waals surface area contributed by atoms with Crippen LogP contribution in [-0.2, 0) is 11.2 Å². The molecule has 116 valence electrons. The maximum atomic E-state index is 11.3. The second-order valence-electron chi connectivity index (χ2n) is 6.19. The molecule has 0 radical (unpaired) electrons. The van der Waals surface area contributed by atoms with Crippen LogP contribution in [0.4, 0.5) is 0 Å². The van der Waals surface area contributed by atoms with Crippen LogP contribution in [0.3, 0.4) is 0 Å². The Hall–Kier alpha value is -0.730. The normalized spacial score (nSPS) is 22.2. The SMILES string of the molecule is Cl.O=C(O)C1CCc2cc(C3CCCCCC3)c(Cl)cc21. The van der Waals surface area contributed by atoms with Crippen molar-refractivity contribution in [1.29, 1.82) is 0 Å². The van der Waals surface area contributed by atoms with Crippen molar-refractivity contribution in [1.82, 2.24) is 0 Å². The lowest BCUT2D eigenvalue weighted by atomic mass is 9.89. The fourth-order valence-corrected chi connectivity index (χ4v) is 4.13. The van der Waals surface area contributed by atoms with Crippen molar-refractivity contribution >= 4 is 30.0 Å². The van der Waals surface area contributed by atoms with Gasteiger partial charge in [-0.25, -0.2) is 0 Å². The molecule has 1 unspecified atom stereocenters. The van der Waals surface area contributed by atoms with E-state index >= 15 is 0 Å². The summed E-state index contributed by atoms with van der Waals surface area (Å²) in [6, 6.07) is 4.14. The third kappa shape index (κ3) is 3.37. The minimum absolute atomic E-state index is 0. The minimum Gasteiger partial charge on any atom is -0.481 e. The van der Waals surface area contributed by atoms with Crippen molar-refractivity contribution in [2.24, 2.45) is 0 Å². The summed E-state index contributed by atoms with van der Waals surface area (Å²) < 4.78 is 0. The molecule has 1 aromatic carbocycles. The Kier molecular flexibility index (Phi) is 5.56. The van der Waals surface area contributed by atoms with Crippen molar-refractivity contribution in [3.63, 3.8) is 0 Å². The smallest absolute Gasteiger partial charge is 0.310 e. The Balaban J connectivity index is 0.00000161. The van der Waals surface area contributed by atoms with Crippen molar-refractivity contribution in [2.75, 3.05) is 0 Å². The molecule has 21 heavy (non-hydrogen) atoms. The van der Waals surface area contributed by atoms with Gasteiger partial charge in [-0.3, -0.25) is 4.79 Å². The average Bonchev–Trinajstić information content (AvgIpc) is 2.65. The van der Waals surface area contributed by atoms with Gasteiger partial charge in [0.15, 0.2) is 0 Å². The summed E-state index contributed by atoms with van der Waals surface area (Å²) in [7, 11) is 0. The van der Waals surface area contributed by atoms with Gasteiger partial charge in [-0.05, 0) is 54.4 Å². The quantitative estimate of drug-likeness (QED) is 0.746. The molecule has 0 saturated heterocycles. The summed E-state index contributed by atoms with van der Waals surface area (Å²) in [6.07, 6.45) is 9.28. The van der Waals surface area contributed by atoms with E-state index in [0.717, 1.165) is 23.4 Å². The van der Waals surface area contributed by atoms with Crippen molar-refractivity contribution in [2.45, 2.75) is 63.2 Å². The molecule has 0 bridgehead atoms. The van der Waals surface area contributed by atoms with Gasteiger partial charge in [0, 0.05) is 5.02 Å². The van der Waals surface area contributed by atoms with E-state index in [1.54, 1.807) is 0 Å². The van der Waals surface area contributed by atoms with Crippen molar-refractivity contribution in [3.8, 4) is 0 Å². The number of benzene rings is 1. The second-order valence-corrected chi connectivity index (χ2v) is 6.60. The molecule has 2 aliphatic carbocycles. The van der Waals surface area contributed by atoms with Crippen LogP contribution in [-0.4, -0.2) is 11.1 Å². The highest BCUT2D eigenvalue weighted by Gasteiger charge is 2.30. The maximum absolute atomic E-state index is 11.3. The molecule has 2 aliphatic rings. The highest BCUT2D eigenvalue weighted by Crippen LogP contribution is 2.41. The Morgan fingerprint density at radius 2 is 1.71 bits per heavy atom. The van der Waals surface area contributed by atoms with Gasteiger partial charge in [-0.2, -0.15) is 0 Å². The number of fused-ring (bicyclic) bond motifs is 1. The zero-order valence-electron chi connectivity index (χ0n) is 12.1. The topological polar surface area (TPSA) is 37.3 Å². The summed E-state index contributed by atoms with van der Waals surface area (Å²) in [5.41, 5.74) is 3.42. The van der Waals surface area contributed by atoms with Gasteiger partial charge in [0.25, 0.3) is 0 Å². The monoisotopic (exact) mass is 328 g/mol. The molecular weight excluding hydrogens is 307 g/mol. The van der Waals surface area contributed by atoms with E-state index in [1.165, 1.54) is 49.7 Å². The molecule has 0 aliphatic heterocycles. The fourth-order valence-electron chi connectivity index (χ4n) is 3.81. The maximum Gasteiger partial charge on any atom is 0.310 e. The molecule has 4 heteroatoms. The number of carboxylic acid groups (broad SMARTS) is 1. The predicted octanol–water partition coefficient (Wildman–Crippen LogP) is 5.31. The lowest BCUT2D eigenvalue weighted by Gasteiger charge is -2.18. The predicted molar refractivity (Wildman–Crippen MR) is 87.8 cm³/mol. The van der Waals surface area contributed by atoms with Gasteiger partial charge in [0.05, 0.1) is 5.92 Å². The molecular formula is C17H22Cl2O2. The third-order valence-electron chi connectivity index (χ3n) is 4.93. The highest BCUT2D eigenvalue weighted by atomic mass is 35.5. The minimum atomic E-state index is -0.720. The van der Waals surface area contributed by atoms with E-state index in [-0.39, 0.29) is 18.3 Å². The van der Waals surface area contributed by atoms with E-state index in [0.29, 0.717) is 5.92 Å². The number of hydrogen-bond donors (Lipinski definition) is 1. The molecule has 0 heterocycles. The Morgan fingerprint density at radius 1 is 1.05 bits per heavy atom. The molecule has 0 spiro atoms. The van der Waals surface area contributed by atoms with Gasteiger partial charge in [-0.15, -0.1) is 12.4 Å². The summed E-state index contributed by atoms with van der Waals surface area (Å²) in [4.78, 5) is 11.3. The molecule has 0 aromatic heterocycles. The van der Waals surface area contributed by atoms with E-state index in [1.807, 2.05) is 6.07 Å². The fraction of sp³-hybridized carbons (Fsp3) is 0.588. The van der Waals surface area contributed by atoms with Crippen molar-refractivity contribution < 1.29 is 9.90 Å². The number of aryl methyl sites for hydroxylation is 1. The molecule has 0 amide bonds. The van der Waals surface area contributed by atoms with Crippen LogP contribution in [0.2, 0.25) is 5.02 Å². The van der Waals surface area contributed by atoms with Gasteiger partial charge in [-0.1, -0.05) is 43.4 Å². The van der Waals surface area contributed by atoms with E-state index in [9.17, 15) is 9.90 Å². The molecule has 1 atom stereocenters. The lowest BCUT2D eigenvalue weighted by molar-refractivity contribution is -0.138. The summed E-state index contributed by atoms with van der Waals surface area (Å²) in [5.74, 6) is -0.508. The zero-order valence-corrected chi connectivity index (χ0v) is 13.7. The van der Waals surface area contributed by atoms with E-state index in [4.69, 9.17) is 11.6 Å². The van der Waals surface area contributed by atoms with Gasteiger partial charge in [0.2, 0.25) is 0 Å². The number of aliphatic carboxylic acids is 1. The molecule has 2 nitrogen and oxygen atoms in total. The summed E-state index contributed by atoms with van der Waals surface area (Å²) in [6.45, 7) is 0. The van der Waals surface area contributed by atoms with Crippen LogP contribution in [0.25, 0.3) is 0 Å². The first kappa shape index (κ1) is 16.6. The Morgan fingerprint density at radius 3 is 2.33 bits per heavy atom. The second kappa shape index (κ2) is 7.02. The van der Waals surface area contributed by atoms with Crippen LogP contribution < -0.4 is 0 Å². The standard InChI is InChI=1S/C17H21ClO2.ClH/c18-16-10-14-12(7-8-13(14)17(19)20)9-15(16)11-5-3-1-2-4-6-11;/h9-11,13H,1-8H2,(H,19,20);1H. The zero-order chi connectivity index (χ0) is 14.1. The average molecular weight is 329 g/mol. The molecule has 1 N–H and O–H groups in total. The van der Waals surface area contributed by atoms with Crippen molar-refractivity contribution in [3.05, 3.63) is 33.8 Å². The molecule has 1 saturated carbocycles. The largest absolute Gasteiger partial charge is 0.481 e. The highest BCUT2D eigenvalue weighted by molar-refractivity contribution is 6.31. The first-order valence-electron chi connectivity index (χ1n) is 7.72. The summed E-state index contributed by atoms with van der Waals surface area (Å²) in [5, 5.41) is 10.0. The third-order valence-corrected chi connectivity index (χ3v) is 5.26. The van der Waals surface area contributed by atoms with E-state index < -0.39 is 5.97 Å². The Labute approximate surface area is 137 Å². The number of hydrogen-bond acceptors (Lipinski definition) is 1. The molecule has 1 aromatic rings. The van der Waals surface area contributed by atoms with Crippen LogP contribution in [0.15, 0.2) is 12.1 Å². The number of carbonyl (C=O) groups is 1. The van der Waals surface area contributed by atoms with Gasteiger partial charge in [0.1, 0.15) is 0 Å². The van der Waals surface area contributed by atoms with Gasteiger partial charge < -0.3 is 5.11 Å².